The molecule has 1 aromatic rings. The van der Waals surface area contributed by atoms with Crippen LogP contribution in [-0.4, -0.2) is 6.54 Å². The lowest BCUT2D eigenvalue weighted by atomic mass is 9.44. The molecule has 0 unspecified atom stereocenters. The second kappa shape index (κ2) is 3.69. The van der Waals surface area contributed by atoms with Gasteiger partial charge in [0.1, 0.15) is 5.82 Å². The largest absolute Gasteiger partial charge is 0.330 e. The molecule has 0 saturated heterocycles. The van der Waals surface area contributed by atoms with Crippen LogP contribution in [0.25, 0.3) is 0 Å². The van der Waals surface area contributed by atoms with Gasteiger partial charge in [0.15, 0.2) is 0 Å². The minimum absolute atomic E-state index is 0.157. The van der Waals surface area contributed by atoms with Gasteiger partial charge >= 0.3 is 0 Å². The van der Waals surface area contributed by atoms with Crippen LogP contribution < -0.4 is 5.73 Å². The van der Waals surface area contributed by atoms with Gasteiger partial charge in [-0.1, -0.05) is 30.2 Å². The van der Waals surface area contributed by atoms with Crippen LogP contribution in [0.4, 0.5) is 4.39 Å². The second-order valence-electron chi connectivity index (χ2n) is 5.79. The molecule has 0 aromatic heterocycles. The Morgan fingerprint density at radius 2 is 2.00 bits per heavy atom. The second-order valence-corrected chi connectivity index (χ2v) is 6.20. The topological polar surface area (TPSA) is 26.0 Å². The van der Waals surface area contributed by atoms with Gasteiger partial charge in [0.2, 0.25) is 0 Å². The summed E-state index contributed by atoms with van der Waals surface area (Å²) in [5.41, 5.74) is 6.96. The molecule has 92 valence electrons. The summed E-state index contributed by atoms with van der Waals surface area (Å²) in [6, 6.07) is 5.27. The van der Waals surface area contributed by atoms with Crippen LogP contribution in [0.5, 0.6) is 0 Å². The first-order valence-corrected chi connectivity index (χ1v) is 6.63. The van der Waals surface area contributed by atoms with Gasteiger partial charge in [-0.05, 0) is 42.7 Å². The van der Waals surface area contributed by atoms with Crippen LogP contribution in [-0.2, 0) is 5.41 Å². The zero-order valence-corrected chi connectivity index (χ0v) is 10.6. The standard InChI is InChI=1S/C14H17ClFN/c15-11-4-1-3-10(12(11)16)14(9-17)7-13(8-14)5-2-6-13/h1,3-4H,2,5-9,17H2. The Hall–Kier alpha value is -0.600. The third-order valence-electron chi connectivity index (χ3n) is 4.75. The van der Waals surface area contributed by atoms with E-state index in [0.29, 0.717) is 12.0 Å². The van der Waals surface area contributed by atoms with Gasteiger partial charge in [0.05, 0.1) is 5.02 Å². The minimum atomic E-state index is -0.270. The van der Waals surface area contributed by atoms with E-state index in [1.165, 1.54) is 19.3 Å². The average Bonchev–Trinajstić information content (AvgIpc) is 2.21. The fraction of sp³-hybridized carbons (Fsp3) is 0.571. The van der Waals surface area contributed by atoms with Crippen molar-refractivity contribution in [3.8, 4) is 0 Å². The molecule has 2 aliphatic carbocycles. The van der Waals surface area contributed by atoms with E-state index in [-0.39, 0.29) is 16.3 Å². The maximum Gasteiger partial charge on any atom is 0.145 e. The lowest BCUT2D eigenvalue weighted by molar-refractivity contribution is -0.0460. The molecule has 2 fully saturated rings. The number of hydrogen-bond acceptors (Lipinski definition) is 1. The SMILES string of the molecule is NCC1(c2cccc(Cl)c2F)CC2(CCC2)C1. The molecule has 2 saturated carbocycles. The van der Waals surface area contributed by atoms with Crippen molar-refractivity contribution in [1.82, 2.24) is 0 Å². The van der Waals surface area contributed by atoms with Crippen molar-refractivity contribution in [1.29, 1.82) is 0 Å². The Morgan fingerprint density at radius 3 is 2.53 bits per heavy atom. The highest BCUT2D eigenvalue weighted by molar-refractivity contribution is 6.30. The van der Waals surface area contributed by atoms with Crippen molar-refractivity contribution in [2.45, 2.75) is 37.5 Å². The minimum Gasteiger partial charge on any atom is -0.330 e. The van der Waals surface area contributed by atoms with Crippen LogP contribution in [0.3, 0.4) is 0 Å². The molecule has 0 atom stereocenters. The predicted molar refractivity (Wildman–Crippen MR) is 67.7 cm³/mol. The molecule has 2 aliphatic rings. The van der Waals surface area contributed by atoms with Gasteiger partial charge in [-0.25, -0.2) is 4.39 Å². The molecule has 0 amide bonds. The highest BCUT2D eigenvalue weighted by atomic mass is 35.5. The highest BCUT2D eigenvalue weighted by Crippen LogP contribution is 2.64. The molecule has 0 heterocycles. The molecule has 3 rings (SSSR count). The first kappa shape index (κ1) is 11.5. The number of benzene rings is 1. The molecule has 1 spiro atoms. The maximum absolute atomic E-state index is 14.1. The Labute approximate surface area is 106 Å². The predicted octanol–water partition coefficient (Wildman–Crippen LogP) is 3.64. The molecule has 17 heavy (non-hydrogen) atoms. The Morgan fingerprint density at radius 1 is 1.29 bits per heavy atom. The highest BCUT2D eigenvalue weighted by Gasteiger charge is 2.57. The van der Waals surface area contributed by atoms with Crippen molar-refractivity contribution < 1.29 is 4.39 Å². The average molecular weight is 254 g/mol. The fourth-order valence-corrected chi connectivity index (χ4v) is 3.95. The van der Waals surface area contributed by atoms with E-state index in [0.717, 1.165) is 18.4 Å². The summed E-state index contributed by atoms with van der Waals surface area (Å²) in [5, 5.41) is 0.213. The quantitative estimate of drug-likeness (QED) is 0.856. The summed E-state index contributed by atoms with van der Waals surface area (Å²) in [5.74, 6) is -0.270. The number of rotatable bonds is 2. The van der Waals surface area contributed by atoms with Gasteiger partial charge in [0, 0.05) is 12.0 Å². The van der Waals surface area contributed by atoms with Gasteiger partial charge in [0.25, 0.3) is 0 Å². The van der Waals surface area contributed by atoms with Crippen molar-refractivity contribution in [2.75, 3.05) is 6.54 Å². The fourth-order valence-electron chi connectivity index (χ4n) is 3.77. The van der Waals surface area contributed by atoms with Crippen LogP contribution in [0.15, 0.2) is 18.2 Å². The van der Waals surface area contributed by atoms with Crippen molar-refractivity contribution in [2.24, 2.45) is 11.1 Å². The normalized spacial score (nSPS) is 24.2. The van der Waals surface area contributed by atoms with E-state index >= 15 is 0 Å². The number of halogens is 2. The maximum atomic E-state index is 14.1. The molecule has 0 bridgehead atoms. The van der Waals surface area contributed by atoms with E-state index < -0.39 is 0 Å². The lowest BCUT2D eigenvalue weighted by Crippen LogP contribution is -2.56. The van der Waals surface area contributed by atoms with E-state index in [1.807, 2.05) is 12.1 Å². The molecule has 1 aromatic carbocycles. The van der Waals surface area contributed by atoms with E-state index in [4.69, 9.17) is 17.3 Å². The van der Waals surface area contributed by atoms with Crippen molar-refractivity contribution in [3.05, 3.63) is 34.6 Å². The number of hydrogen-bond donors (Lipinski definition) is 1. The van der Waals surface area contributed by atoms with Crippen LogP contribution >= 0.6 is 11.6 Å². The lowest BCUT2D eigenvalue weighted by Gasteiger charge is -2.61. The summed E-state index contributed by atoms with van der Waals surface area (Å²) in [6.07, 6.45) is 5.97. The first-order valence-electron chi connectivity index (χ1n) is 6.26. The third-order valence-corrected chi connectivity index (χ3v) is 5.05. The zero-order chi connectivity index (χ0) is 12.1. The summed E-state index contributed by atoms with van der Waals surface area (Å²) < 4.78 is 14.1. The molecule has 1 nitrogen and oxygen atoms in total. The van der Waals surface area contributed by atoms with Gasteiger partial charge in [-0.3, -0.25) is 0 Å². The molecule has 0 aliphatic heterocycles. The van der Waals surface area contributed by atoms with E-state index in [2.05, 4.69) is 0 Å². The summed E-state index contributed by atoms with van der Waals surface area (Å²) in [4.78, 5) is 0. The monoisotopic (exact) mass is 253 g/mol. The molecule has 0 radical (unpaired) electrons. The number of nitrogens with two attached hydrogens (primary N) is 1. The summed E-state index contributed by atoms with van der Waals surface area (Å²) in [6.45, 7) is 0.520. The Kier molecular flexibility index (Phi) is 2.50. The van der Waals surface area contributed by atoms with Gasteiger partial charge in [-0.15, -0.1) is 0 Å². The first-order chi connectivity index (χ1) is 8.11. The smallest absolute Gasteiger partial charge is 0.145 e. The zero-order valence-electron chi connectivity index (χ0n) is 9.81. The van der Waals surface area contributed by atoms with Crippen LogP contribution in [0, 0.1) is 11.2 Å². The summed E-state index contributed by atoms with van der Waals surface area (Å²) >= 11 is 5.86. The Bertz CT molecular complexity index is 446. The van der Waals surface area contributed by atoms with Crippen LogP contribution in [0.1, 0.15) is 37.7 Å². The third kappa shape index (κ3) is 1.54. The van der Waals surface area contributed by atoms with Crippen LogP contribution in [0.2, 0.25) is 5.02 Å². The van der Waals surface area contributed by atoms with Crippen molar-refractivity contribution >= 4 is 11.6 Å². The Balaban J connectivity index is 1.94. The van der Waals surface area contributed by atoms with E-state index in [9.17, 15) is 4.39 Å². The van der Waals surface area contributed by atoms with E-state index in [1.54, 1.807) is 6.07 Å². The molecule has 3 heteroatoms. The molecular formula is C14H17ClFN. The molecular weight excluding hydrogens is 237 g/mol. The van der Waals surface area contributed by atoms with Gasteiger partial charge in [-0.2, -0.15) is 0 Å². The summed E-state index contributed by atoms with van der Waals surface area (Å²) in [7, 11) is 0. The molecule has 2 N–H and O–H groups in total. The van der Waals surface area contributed by atoms with Gasteiger partial charge < -0.3 is 5.73 Å². The van der Waals surface area contributed by atoms with Crippen molar-refractivity contribution in [3.63, 3.8) is 0 Å².